The van der Waals surface area contributed by atoms with Gasteiger partial charge in [0.1, 0.15) is 5.82 Å². The summed E-state index contributed by atoms with van der Waals surface area (Å²) in [6.45, 7) is 5.13. The molecule has 26 heavy (non-hydrogen) atoms. The average Bonchev–Trinajstić information content (AvgIpc) is 2.56. The summed E-state index contributed by atoms with van der Waals surface area (Å²) in [5.74, 6) is -0.865. The summed E-state index contributed by atoms with van der Waals surface area (Å²) < 4.78 is 40.0. The minimum absolute atomic E-state index is 0.0891. The molecule has 0 spiro atoms. The fourth-order valence-corrected chi connectivity index (χ4v) is 3.82. The lowest BCUT2D eigenvalue weighted by Gasteiger charge is -2.18. The summed E-state index contributed by atoms with van der Waals surface area (Å²) in [7, 11) is -0.797. The monoisotopic (exact) mass is 378 g/mol. The zero-order chi connectivity index (χ0) is 19.6. The highest BCUT2D eigenvalue weighted by Crippen LogP contribution is 2.24. The van der Waals surface area contributed by atoms with Gasteiger partial charge in [0.2, 0.25) is 10.0 Å². The molecule has 0 fully saturated rings. The zero-order valence-electron chi connectivity index (χ0n) is 15.5. The Morgan fingerprint density at radius 1 is 1.15 bits per heavy atom. The normalized spacial score (nSPS) is 12.9. The lowest BCUT2D eigenvalue weighted by atomic mass is 10.0. The van der Waals surface area contributed by atoms with Crippen molar-refractivity contribution >= 4 is 15.9 Å². The number of benzene rings is 2. The Morgan fingerprint density at radius 2 is 1.77 bits per heavy atom. The first-order chi connectivity index (χ1) is 12.1. The van der Waals surface area contributed by atoms with Crippen molar-refractivity contribution in [1.82, 2.24) is 9.62 Å². The Kier molecular flexibility index (Phi) is 5.83. The summed E-state index contributed by atoms with van der Waals surface area (Å²) in [5.41, 5.74) is 1.87. The van der Waals surface area contributed by atoms with E-state index in [0.717, 1.165) is 4.31 Å². The summed E-state index contributed by atoms with van der Waals surface area (Å²) in [6.07, 6.45) is 0. The molecule has 2 rings (SSSR count). The van der Waals surface area contributed by atoms with Crippen molar-refractivity contribution < 1.29 is 17.6 Å². The molecule has 1 N–H and O–H groups in total. The summed E-state index contributed by atoms with van der Waals surface area (Å²) in [6, 6.07) is 8.64. The molecule has 2 aromatic carbocycles. The number of nitrogens with zero attached hydrogens (tertiary/aromatic N) is 1. The van der Waals surface area contributed by atoms with Gasteiger partial charge in [-0.05, 0) is 50.1 Å². The second-order valence-corrected chi connectivity index (χ2v) is 8.54. The number of aryl methyl sites for hydroxylation is 1. The molecule has 0 saturated heterocycles. The van der Waals surface area contributed by atoms with Crippen molar-refractivity contribution in [2.75, 3.05) is 14.1 Å². The van der Waals surface area contributed by atoms with Gasteiger partial charge in [-0.2, -0.15) is 0 Å². The number of carbonyl (C=O) groups is 1. The predicted molar refractivity (Wildman–Crippen MR) is 99.1 cm³/mol. The molecule has 0 saturated carbocycles. The third kappa shape index (κ3) is 3.94. The first kappa shape index (κ1) is 20.1. The first-order valence-corrected chi connectivity index (χ1v) is 9.58. The molecule has 0 radical (unpaired) electrons. The van der Waals surface area contributed by atoms with Crippen LogP contribution in [0.25, 0.3) is 0 Å². The number of hydrogen-bond acceptors (Lipinski definition) is 3. The third-order valence-corrected chi connectivity index (χ3v) is 6.30. The molecule has 7 heteroatoms. The van der Waals surface area contributed by atoms with E-state index in [1.165, 1.54) is 26.2 Å². The van der Waals surface area contributed by atoms with Crippen LogP contribution in [0.4, 0.5) is 4.39 Å². The lowest BCUT2D eigenvalue weighted by Crippen LogP contribution is -2.28. The van der Waals surface area contributed by atoms with Crippen molar-refractivity contribution in [3.8, 4) is 0 Å². The van der Waals surface area contributed by atoms with E-state index in [9.17, 15) is 17.6 Å². The minimum Gasteiger partial charge on any atom is -0.345 e. The second kappa shape index (κ2) is 7.55. The van der Waals surface area contributed by atoms with E-state index in [0.29, 0.717) is 16.7 Å². The van der Waals surface area contributed by atoms with Crippen molar-refractivity contribution in [3.63, 3.8) is 0 Å². The van der Waals surface area contributed by atoms with E-state index in [4.69, 9.17) is 0 Å². The topological polar surface area (TPSA) is 66.5 Å². The maximum absolute atomic E-state index is 13.9. The number of carbonyl (C=O) groups excluding carboxylic acids is 1. The summed E-state index contributed by atoms with van der Waals surface area (Å²) >= 11 is 0. The fourth-order valence-electron chi connectivity index (χ4n) is 2.61. The van der Waals surface area contributed by atoms with Crippen LogP contribution in [0.5, 0.6) is 0 Å². The summed E-state index contributed by atoms with van der Waals surface area (Å²) in [4.78, 5) is 12.7. The average molecular weight is 378 g/mol. The van der Waals surface area contributed by atoms with E-state index in [2.05, 4.69) is 5.32 Å². The van der Waals surface area contributed by atoms with Gasteiger partial charge in [0.25, 0.3) is 5.91 Å². The Balaban J connectivity index is 2.38. The molecule has 2 aromatic rings. The van der Waals surface area contributed by atoms with E-state index in [1.807, 2.05) is 0 Å². The Hall–Kier alpha value is -2.25. The lowest BCUT2D eigenvalue weighted by molar-refractivity contribution is 0.0939. The number of halogens is 1. The maximum atomic E-state index is 13.9. The van der Waals surface area contributed by atoms with Gasteiger partial charge in [-0.15, -0.1) is 0 Å². The molecule has 0 aliphatic heterocycles. The van der Waals surface area contributed by atoms with Gasteiger partial charge >= 0.3 is 0 Å². The van der Waals surface area contributed by atoms with Crippen LogP contribution in [0.15, 0.2) is 41.3 Å². The predicted octanol–water partition coefficient (Wildman–Crippen LogP) is 3.18. The Morgan fingerprint density at radius 3 is 2.35 bits per heavy atom. The number of hydrogen-bond donors (Lipinski definition) is 1. The molecule has 5 nitrogen and oxygen atoms in total. The van der Waals surface area contributed by atoms with Crippen LogP contribution >= 0.6 is 0 Å². The third-order valence-electron chi connectivity index (χ3n) is 4.36. The number of amides is 1. The SMILES string of the molecule is Cc1cc(C(=O)NC(C)c2ccccc2F)cc(S(=O)(=O)N(C)C)c1C. The number of nitrogens with one attached hydrogen (secondary N) is 1. The van der Waals surface area contributed by atoms with Gasteiger partial charge in [-0.1, -0.05) is 18.2 Å². The zero-order valence-corrected chi connectivity index (χ0v) is 16.3. The second-order valence-electron chi connectivity index (χ2n) is 6.42. The van der Waals surface area contributed by atoms with Crippen molar-refractivity contribution in [1.29, 1.82) is 0 Å². The van der Waals surface area contributed by atoms with Gasteiger partial charge in [-0.25, -0.2) is 17.1 Å². The quantitative estimate of drug-likeness (QED) is 0.869. The van der Waals surface area contributed by atoms with Crippen LogP contribution in [-0.2, 0) is 10.0 Å². The van der Waals surface area contributed by atoms with Gasteiger partial charge in [-0.3, -0.25) is 4.79 Å². The van der Waals surface area contributed by atoms with E-state index < -0.39 is 27.8 Å². The molecule has 1 atom stereocenters. The molecule has 0 aliphatic rings. The molecule has 140 valence electrons. The van der Waals surface area contributed by atoms with Crippen molar-refractivity contribution in [3.05, 3.63) is 64.5 Å². The van der Waals surface area contributed by atoms with Gasteiger partial charge in [0, 0.05) is 25.2 Å². The summed E-state index contributed by atoms with van der Waals surface area (Å²) in [5, 5.41) is 2.72. The van der Waals surface area contributed by atoms with Crippen molar-refractivity contribution in [2.45, 2.75) is 31.7 Å². The van der Waals surface area contributed by atoms with E-state index in [-0.39, 0.29) is 10.5 Å². The van der Waals surface area contributed by atoms with Crippen LogP contribution < -0.4 is 5.32 Å². The van der Waals surface area contributed by atoms with Crippen LogP contribution in [0.3, 0.4) is 0 Å². The van der Waals surface area contributed by atoms with Gasteiger partial charge < -0.3 is 5.32 Å². The van der Waals surface area contributed by atoms with E-state index >= 15 is 0 Å². The molecule has 0 aliphatic carbocycles. The number of sulfonamides is 1. The molecular formula is C19H23FN2O3S. The standard InChI is InChI=1S/C19H23FN2O3S/c1-12-10-15(11-18(13(12)2)26(24,25)22(4)5)19(23)21-14(3)16-8-6-7-9-17(16)20/h6-11,14H,1-5H3,(H,21,23). The Labute approximate surface area is 153 Å². The van der Waals surface area contributed by atoms with Crippen LogP contribution in [-0.4, -0.2) is 32.7 Å². The first-order valence-electron chi connectivity index (χ1n) is 8.14. The molecule has 1 amide bonds. The van der Waals surface area contributed by atoms with Gasteiger partial charge in [0.05, 0.1) is 10.9 Å². The molecule has 0 heterocycles. The molecule has 1 unspecified atom stereocenters. The Bertz CT molecular complexity index is 940. The largest absolute Gasteiger partial charge is 0.345 e. The van der Waals surface area contributed by atoms with Crippen molar-refractivity contribution in [2.24, 2.45) is 0 Å². The van der Waals surface area contributed by atoms with Gasteiger partial charge in [0.15, 0.2) is 0 Å². The maximum Gasteiger partial charge on any atom is 0.251 e. The highest BCUT2D eigenvalue weighted by atomic mass is 32.2. The van der Waals surface area contributed by atoms with Crippen LogP contribution in [0, 0.1) is 19.7 Å². The van der Waals surface area contributed by atoms with Crippen LogP contribution in [0.1, 0.15) is 40.0 Å². The molecule has 0 aromatic heterocycles. The smallest absolute Gasteiger partial charge is 0.251 e. The highest BCUT2D eigenvalue weighted by molar-refractivity contribution is 7.89. The highest BCUT2D eigenvalue weighted by Gasteiger charge is 2.23. The number of rotatable bonds is 5. The molecular weight excluding hydrogens is 355 g/mol. The van der Waals surface area contributed by atoms with E-state index in [1.54, 1.807) is 45.0 Å². The van der Waals surface area contributed by atoms with Crippen LogP contribution in [0.2, 0.25) is 0 Å². The molecule has 0 bridgehead atoms. The minimum atomic E-state index is -3.68. The fraction of sp³-hybridized carbons (Fsp3) is 0.316.